The van der Waals surface area contributed by atoms with Gasteiger partial charge in [-0.1, -0.05) is 62.6 Å². The first-order valence-corrected chi connectivity index (χ1v) is 32.4. The molecule has 0 saturated carbocycles. The molecule has 0 amide bonds. The number of aryl methyl sites for hydroxylation is 1. The van der Waals surface area contributed by atoms with Crippen LogP contribution in [0.1, 0.15) is 101 Å². The zero-order chi connectivity index (χ0) is 60.2. The van der Waals surface area contributed by atoms with Crippen LogP contribution in [-0.4, -0.2) is 204 Å². The van der Waals surface area contributed by atoms with Crippen LogP contribution >= 0.6 is 47.8 Å². The summed E-state index contributed by atoms with van der Waals surface area (Å²) in [6, 6.07) is 20.4. The Hall–Kier alpha value is -4.30. The van der Waals surface area contributed by atoms with Gasteiger partial charge in [0.25, 0.3) is 0 Å². The molecule has 0 bridgehead atoms. The number of likely N-dealkylation sites (N-methyl/N-ethyl adjacent to an activating group) is 5. The van der Waals surface area contributed by atoms with Gasteiger partial charge < -0.3 is 58.8 Å². The van der Waals surface area contributed by atoms with Gasteiger partial charge >= 0.3 is 0 Å². The van der Waals surface area contributed by atoms with Crippen molar-refractivity contribution in [3.63, 3.8) is 0 Å². The molecule has 5 saturated heterocycles. The molecular weight excluding hydrogens is 1260 g/mol. The number of benzene rings is 1. The molecule has 462 valence electrons. The highest BCUT2D eigenvalue weighted by atomic mass is 79.9. The Balaban J connectivity index is 0.000000190. The summed E-state index contributed by atoms with van der Waals surface area (Å²) in [6.45, 7) is 9.35. The van der Waals surface area contributed by atoms with E-state index < -0.39 is 0 Å². The number of ether oxygens (including phenoxy) is 4. The Kier molecular flexibility index (Phi) is 35.0. The number of unbranched alkanes of at least 4 members (excludes halogenated alkanes) is 3. The summed E-state index contributed by atoms with van der Waals surface area (Å²) in [5.74, 6) is 8.75. The van der Waals surface area contributed by atoms with Gasteiger partial charge in [-0.15, -0.1) is 0 Å². The van der Waals surface area contributed by atoms with Crippen LogP contribution in [0, 0.1) is 11.8 Å². The number of rotatable bonds is 19. The summed E-state index contributed by atoms with van der Waals surface area (Å²) < 4.78 is 26.2. The Labute approximate surface area is 527 Å². The molecule has 0 radical (unpaired) electrons. The van der Waals surface area contributed by atoms with Crippen molar-refractivity contribution in [1.29, 1.82) is 0 Å². The first-order chi connectivity index (χ1) is 40.8. The number of nitrogens with zero attached hydrogens (tertiary/aromatic N) is 9. The number of aromatic nitrogens is 4. The number of hydrogen-bond acceptors (Lipinski definition) is 16. The fourth-order valence-corrected chi connectivity index (χ4v) is 11.7. The molecule has 16 nitrogen and oxygen atoms in total. The van der Waals surface area contributed by atoms with Crippen molar-refractivity contribution in [2.75, 3.05) is 114 Å². The number of halogens is 3. The first-order valence-electron chi connectivity index (χ1n) is 30.0. The van der Waals surface area contributed by atoms with Crippen LogP contribution < -0.4 is 18.9 Å². The second-order valence-corrected chi connectivity index (χ2v) is 24.8. The van der Waals surface area contributed by atoms with Crippen molar-refractivity contribution >= 4 is 47.8 Å². The topological polar surface area (TPSA) is 165 Å². The van der Waals surface area contributed by atoms with Gasteiger partial charge in [-0.2, -0.15) is 0 Å². The third kappa shape index (κ3) is 28.5. The number of likely N-dealkylation sites (tertiary alicyclic amines) is 5. The molecule has 10 rings (SSSR count). The molecule has 0 unspecified atom stereocenters. The average Bonchev–Trinajstić information content (AvgIpc) is 4.45. The summed E-state index contributed by atoms with van der Waals surface area (Å²) >= 11 is 10.0. The van der Waals surface area contributed by atoms with Crippen LogP contribution in [0.3, 0.4) is 0 Å². The van der Waals surface area contributed by atoms with Gasteiger partial charge in [0.1, 0.15) is 56.0 Å². The first kappa shape index (κ1) is 70.5. The third-order valence-corrected chi connectivity index (χ3v) is 17.0. The van der Waals surface area contributed by atoms with E-state index >= 15 is 0 Å². The van der Waals surface area contributed by atoms with E-state index in [0.29, 0.717) is 50.0 Å². The van der Waals surface area contributed by atoms with E-state index in [1.165, 1.54) is 95.8 Å². The lowest BCUT2D eigenvalue weighted by atomic mass is 10.1. The zero-order valence-corrected chi connectivity index (χ0v) is 55.2. The summed E-state index contributed by atoms with van der Waals surface area (Å²) in [5.41, 5.74) is 2.01. The molecule has 9 heterocycles. The van der Waals surface area contributed by atoms with E-state index in [2.05, 4.69) is 145 Å². The molecule has 0 spiro atoms. The molecule has 19 heteroatoms. The number of hydrogen-bond donors (Lipinski definition) is 3. The summed E-state index contributed by atoms with van der Waals surface area (Å²) in [6.07, 6.45) is 31.9. The summed E-state index contributed by atoms with van der Waals surface area (Å²) in [4.78, 5) is 28.1. The lowest BCUT2D eigenvalue weighted by molar-refractivity contribution is 0.182. The van der Waals surface area contributed by atoms with Crippen molar-refractivity contribution in [2.24, 2.45) is 0 Å². The maximum Gasteiger partial charge on any atom is 0.138 e. The molecule has 5 atom stereocenters. The minimum atomic E-state index is -0.141. The lowest BCUT2D eigenvalue weighted by Gasteiger charge is -2.19. The van der Waals surface area contributed by atoms with Crippen LogP contribution in [-0.2, 0) is 6.42 Å². The van der Waals surface area contributed by atoms with Gasteiger partial charge in [-0.05, 0) is 221 Å². The quantitative estimate of drug-likeness (QED) is 0.0528. The standard InChI is InChI=1S/C17H28N2O2.C14H18N2O2.C11H15BrN2O.C11H16N2O.C6H4Br2.C6H13NO/c1-19-9-6-8-16(19)14-21-17-11-15(12-18-13-17)7-4-2-3-5-10-20;1-16-6-2-5-13(16)11-18-14-8-12(4-3-7-17)9-15-10-14;1-14-4-2-3-10(14)8-15-11-5-9(12)6-13-7-11;1-13-7-3-4-10(13)9-14-11-5-2-6-12-8-11;7-5-2-1-3-6(8)4-5;1-7-4-2-3-6(7)5-8/h11-13,16,20H,2-10,14H2,1H3;8-10,13,17H,2,5-7,11H2,1H3;5-7,10H,2-4,8H2,1H3;2,5-6,8,10H,3-4,7,9H2,1H3;1-4H;6,8H,2-5H2,1H3/t16-;13-;2*10-;;6-/m0000.0/s1. The van der Waals surface area contributed by atoms with E-state index in [9.17, 15) is 0 Å². The monoisotopic (exact) mass is 1350 g/mol. The average molecular weight is 1350 g/mol. The molecular formula is C65H94Br3N9O7. The Morgan fingerprint density at radius 1 is 0.464 bits per heavy atom. The number of pyridine rings is 4. The normalized spacial score (nSPS) is 20.4. The van der Waals surface area contributed by atoms with Gasteiger partial charge in [0.15, 0.2) is 0 Å². The lowest BCUT2D eigenvalue weighted by Crippen LogP contribution is -2.30. The van der Waals surface area contributed by atoms with Crippen LogP contribution in [0.2, 0.25) is 0 Å². The fraction of sp³-hybridized carbons (Fsp3) is 0.569. The van der Waals surface area contributed by atoms with Crippen molar-refractivity contribution < 1.29 is 34.3 Å². The summed E-state index contributed by atoms with van der Waals surface area (Å²) in [7, 11) is 10.7. The molecule has 5 aromatic rings. The Morgan fingerprint density at radius 3 is 1.33 bits per heavy atom. The Bertz CT molecular complexity index is 2590. The minimum Gasteiger partial charge on any atom is -0.490 e. The van der Waals surface area contributed by atoms with Gasteiger partial charge in [0.2, 0.25) is 0 Å². The van der Waals surface area contributed by atoms with Crippen molar-refractivity contribution in [2.45, 2.75) is 127 Å². The van der Waals surface area contributed by atoms with Crippen molar-refractivity contribution in [3.8, 4) is 34.8 Å². The van der Waals surface area contributed by atoms with Crippen molar-refractivity contribution in [3.05, 3.63) is 129 Å². The molecule has 0 aliphatic carbocycles. The van der Waals surface area contributed by atoms with Crippen LogP contribution in [0.4, 0.5) is 0 Å². The number of aliphatic hydroxyl groups is 3. The highest BCUT2D eigenvalue weighted by Crippen LogP contribution is 2.23. The highest BCUT2D eigenvalue weighted by Gasteiger charge is 2.24. The van der Waals surface area contributed by atoms with E-state index in [1.807, 2.05) is 60.9 Å². The predicted octanol–water partition coefficient (Wildman–Crippen LogP) is 10.7. The van der Waals surface area contributed by atoms with E-state index in [4.69, 9.17) is 34.3 Å². The smallest absolute Gasteiger partial charge is 0.138 e. The molecule has 1 aromatic carbocycles. The maximum atomic E-state index is 8.76. The highest BCUT2D eigenvalue weighted by molar-refractivity contribution is 9.11. The van der Waals surface area contributed by atoms with E-state index in [1.54, 1.807) is 37.2 Å². The maximum absolute atomic E-state index is 8.76. The van der Waals surface area contributed by atoms with Gasteiger partial charge in [-0.3, -0.25) is 19.9 Å². The van der Waals surface area contributed by atoms with Gasteiger partial charge in [0, 0.05) is 80.6 Å². The van der Waals surface area contributed by atoms with Crippen LogP contribution in [0.15, 0.2) is 118 Å². The molecule has 4 aromatic heterocycles. The van der Waals surface area contributed by atoms with E-state index in [-0.39, 0.29) is 6.61 Å². The molecule has 3 N–H and O–H groups in total. The van der Waals surface area contributed by atoms with Crippen LogP contribution in [0.5, 0.6) is 23.0 Å². The molecule has 5 fully saturated rings. The summed E-state index contributed by atoms with van der Waals surface area (Å²) in [5, 5.41) is 26.1. The van der Waals surface area contributed by atoms with Gasteiger partial charge in [-0.25, -0.2) is 0 Å². The second-order valence-electron chi connectivity index (χ2n) is 22.1. The van der Waals surface area contributed by atoms with Crippen molar-refractivity contribution in [1.82, 2.24) is 44.4 Å². The van der Waals surface area contributed by atoms with Gasteiger partial charge in [0.05, 0.1) is 31.4 Å². The second kappa shape index (κ2) is 41.7. The number of aliphatic hydroxyl groups excluding tert-OH is 3. The molecule has 84 heavy (non-hydrogen) atoms. The Morgan fingerprint density at radius 2 is 0.917 bits per heavy atom. The molecule has 5 aliphatic heterocycles. The predicted molar refractivity (Wildman–Crippen MR) is 347 cm³/mol. The fourth-order valence-electron chi connectivity index (χ4n) is 10.3. The SMILES string of the molecule is Brc1cccc(Br)c1.CN1CCC[C@H]1CO.CN1CCC[C@H]1COc1cccnc1.CN1CCC[C@H]1COc1cncc(Br)c1.CN1CCC[C@H]1COc1cncc(C#CCO)c1.CN1CCC[C@H]1COc1cncc(CCCCCCO)c1. The minimum absolute atomic E-state index is 0.141. The third-order valence-electron chi connectivity index (χ3n) is 15.6. The van der Waals surface area contributed by atoms with Crippen LogP contribution in [0.25, 0.3) is 0 Å². The molecule has 5 aliphatic rings. The zero-order valence-electron chi connectivity index (χ0n) is 50.4. The largest absolute Gasteiger partial charge is 0.490 e. The van der Waals surface area contributed by atoms with E-state index in [0.717, 1.165) is 101 Å².